The van der Waals surface area contributed by atoms with Crippen LogP contribution >= 0.6 is 0 Å². The van der Waals surface area contributed by atoms with Crippen LogP contribution in [-0.4, -0.2) is 30.5 Å². The largest absolute Gasteiger partial charge is 0.496 e. The van der Waals surface area contributed by atoms with Crippen LogP contribution in [0.25, 0.3) is 10.9 Å². The number of methoxy groups -OCH3 is 1. The first-order valence-electron chi connectivity index (χ1n) is 7.55. The number of ether oxygens (including phenoxy) is 1. The minimum atomic E-state index is 0.207. The van der Waals surface area contributed by atoms with Gasteiger partial charge in [-0.1, -0.05) is 36.4 Å². The van der Waals surface area contributed by atoms with Gasteiger partial charge in [0.05, 0.1) is 30.3 Å². The number of rotatable bonds is 6. The van der Waals surface area contributed by atoms with Crippen molar-refractivity contribution in [2.24, 2.45) is 0 Å². The quantitative estimate of drug-likeness (QED) is 0.759. The van der Waals surface area contributed by atoms with Gasteiger partial charge in [-0.2, -0.15) is 5.10 Å². The molecule has 1 N–H and O–H groups in total. The van der Waals surface area contributed by atoms with E-state index in [2.05, 4.69) is 45.4 Å². The molecular weight excluding hydrogens is 274 g/mol. The molecule has 1 heterocycles. The van der Waals surface area contributed by atoms with Crippen molar-refractivity contribution in [2.75, 3.05) is 20.7 Å². The number of nitrogens with one attached hydrogen (secondary N) is 1. The molecule has 2 aromatic carbocycles. The maximum atomic E-state index is 5.44. The van der Waals surface area contributed by atoms with Crippen LogP contribution in [0, 0.1) is 0 Å². The molecule has 114 valence electrons. The maximum absolute atomic E-state index is 5.44. The Morgan fingerprint density at radius 2 is 1.95 bits per heavy atom. The van der Waals surface area contributed by atoms with Gasteiger partial charge in [0, 0.05) is 0 Å². The second kappa shape index (κ2) is 6.62. The Morgan fingerprint density at radius 1 is 1.14 bits per heavy atom. The van der Waals surface area contributed by atoms with Gasteiger partial charge in [0.2, 0.25) is 0 Å². The SMILES string of the molecule is CNCC[C@@H](c1ccccc1)n1ncc2c(OC)cccc21. The van der Waals surface area contributed by atoms with Gasteiger partial charge in [-0.15, -0.1) is 0 Å². The highest BCUT2D eigenvalue weighted by Crippen LogP contribution is 2.30. The molecule has 0 bridgehead atoms. The Hall–Kier alpha value is -2.33. The van der Waals surface area contributed by atoms with Crippen LogP contribution in [0.2, 0.25) is 0 Å². The third-order valence-corrected chi connectivity index (χ3v) is 3.97. The first-order valence-corrected chi connectivity index (χ1v) is 7.55. The number of hydrogen-bond acceptors (Lipinski definition) is 3. The third kappa shape index (κ3) is 2.70. The van der Waals surface area contributed by atoms with Crippen molar-refractivity contribution < 1.29 is 4.74 Å². The summed E-state index contributed by atoms with van der Waals surface area (Å²) in [4.78, 5) is 0. The molecule has 22 heavy (non-hydrogen) atoms. The summed E-state index contributed by atoms with van der Waals surface area (Å²) in [7, 11) is 3.67. The standard InChI is InChI=1S/C18H21N3O/c1-19-12-11-16(14-7-4-3-5-8-14)21-17-9-6-10-18(22-2)15(17)13-20-21/h3-10,13,16,19H,11-12H2,1-2H3/t16-/m0/s1. The van der Waals surface area contributed by atoms with Crippen LogP contribution in [0.5, 0.6) is 5.75 Å². The van der Waals surface area contributed by atoms with E-state index in [1.165, 1.54) is 5.56 Å². The van der Waals surface area contributed by atoms with Gasteiger partial charge in [-0.3, -0.25) is 4.68 Å². The van der Waals surface area contributed by atoms with E-state index in [1.54, 1.807) is 7.11 Å². The zero-order chi connectivity index (χ0) is 15.4. The highest BCUT2D eigenvalue weighted by atomic mass is 16.5. The minimum Gasteiger partial charge on any atom is -0.496 e. The van der Waals surface area contributed by atoms with Crippen LogP contribution in [-0.2, 0) is 0 Å². The lowest BCUT2D eigenvalue weighted by Crippen LogP contribution is -2.18. The highest BCUT2D eigenvalue weighted by molar-refractivity contribution is 5.85. The lowest BCUT2D eigenvalue weighted by Gasteiger charge is -2.19. The van der Waals surface area contributed by atoms with Crippen LogP contribution in [0.1, 0.15) is 18.0 Å². The molecule has 1 aromatic heterocycles. The molecule has 0 fully saturated rings. The summed E-state index contributed by atoms with van der Waals surface area (Å²) in [6.45, 7) is 0.935. The Balaban J connectivity index is 2.08. The van der Waals surface area contributed by atoms with Gasteiger partial charge in [0.15, 0.2) is 0 Å². The van der Waals surface area contributed by atoms with Crippen molar-refractivity contribution in [3.8, 4) is 5.75 Å². The molecule has 0 amide bonds. The first-order chi connectivity index (χ1) is 10.8. The first kappa shape index (κ1) is 14.6. The molecule has 4 heteroatoms. The molecule has 3 rings (SSSR count). The average molecular weight is 295 g/mol. The molecule has 0 saturated heterocycles. The predicted molar refractivity (Wildman–Crippen MR) is 89.4 cm³/mol. The van der Waals surface area contributed by atoms with Crippen LogP contribution in [0.15, 0.2) is 54.7 Å². The molecule has 0 aliphatic carbocycles. The summed E-state index contributed by atoms with van der Waals surface area (Å²) in [5.74, 6) is 0.865. The van der Waals surface area contributed by atoms with E-state index >= 15 is 0 Å². The van der Waals surface area contributed by atoms with E-state index < -0.39 is 0 Å². The molecular formula is C18H21N3O. The summed E-state index contributed by atoms with van der Waals surface area (Å²) >= 11 is 0. The topological polar surface area (TPSA) is 39.1 Å². The number of nitrogens with zero attached hydrogens (tertiary/aromatic N) is 2. The Labute approximate surface area is 130 Å². The Kier molecular flexibility index (Phi) is 4.39. The van der Waals surface area contributed by atoms with Crippen molar-refractivity contribution in [3.63, 3.8) is 0 Å². The van der Waals surface area contributed by atoms with E-state index in [9.17, 15) is 0 Å². The molecule has 4 nitrogen and oxygen atoms in total. The van der Waals surface area contributed by atoms with E-state index in [0.29, 0.717) is 0 Å². The van der Waals surface area contributed by atoms with Gasteiger partial charge in [-0.05, 0) is 37.7 Å². The molecule has 3 aromatic rings. The number of benzene rings is 2. The smallest absolute Gasteiger partial charge is 0.129 e. The predicted octanol–water partition coefficient (Wildman–Crippen LogP) is 3.24. The number of fused-ring (bicyclic) bond motifs is 1. The van der Waals surface area contributed by atoms with Crippen molar-refractivity contribution in [1.29, 1.82) is 0 Å². The highest BCUT2D eigenvalue weighted by Gasteiger charge is 2.17. The molecule has 0 spiro atoms. The lowest BCUT2D eigenvalue weighted by atomic mass is 10.0. The third-order valence-electron chi connectivity index (χ3n) is 3.97. The monoisotopic (exact) mass is 295 g/mol. The maximum Gasteiger partial charge on any atom is 0.129 e. The fourth-order valence-electron chi connectivity index (χ4n) is 2.86. The molecule has 1 atom stereocenters. The summed E-state index contributed by atoms with van der Waals surface area (Å²) in [6.07, 6.45) is 2.87. The summed E-state index contributed by atoms with van der Waals surface area (Å²) in [5, 5.41) is 8.93. The average Bonchev–Trinajstić information content (AvgIpc) is 3.00. The normalized spacial score (nSPS) is 12.5. The van der Waals surface area contributed by atoms with E-state index in [0.717, 1.165) is 29.6 Å². The van der Waals surface area contributed by atoms with Gasteiger partial charge in [-0.25, -0.2) is 0 Å². The van der Waals surface area contributed by atoms with Crippen molar-refractivity contribution in [2.45, 2.75) is 12.5 Å². The van der Waals surface area contributed by atoms with Crippen molar-refractivity contribution >= 4 is 10.9 Å². The van der Waals surface area contributed by atoms with Crippen LogP contribution in [0.3, 0.4) is 0 Å². The summed E-state index contributed by atoms with van der Waals surface area (Å²) < 4.78 is 7.54. The molecule has 0 unspecified atom stereocenters. The van der Waals surface area contributed by atoms with Gasteiger partial charge in [0.1, 0.15) is 5.75 Å². The summed E-state index contributed by atoms with van der Waals surface area (Å²) in [5.41, 5.74) is 2.37. The second-order valence-corrected chi connectivity index (χ2v) is 5.30. The number of aromatic nitrogens is 2. The zero-order valence-corrected chi connectivity index (χ0v) is 13.0. The fourth-order valence-corrected chi connectivity index (χ4v) is 2.86. The zero-order valence-electron chi connectivity index (χ0n) is 13.0. The molecule has 0 radical (unpaired) electrons. The van der Waals surface area contributed by atoms with Crippen LogP contribution in [0.4, 0.5) is 0 Å². The van der Waals surface area contributed by atoms with Gasteiger partial charge < -0.3 is 10.1 Å². The molecule has 0 saturated carbocycles. The van der Waals surface area contributed by atoms with E-state index in [-0.39, 0.29) is 6.04 Å². The second-order valence-electron chi connectivity index (χ2n) is 5.30. The lowest BCUT2D eigenvalue weighted by molar-refractivity contribution is 0.419. The van der Waals surface area contributed by atoms with Crippen LogP contribution < -0.4 is 10.1 Å². The van der Waals surface area contributed by atoms with E-state index in [1.807, 2.05) is 31.4 Å². The fraction of sp³-hybridized carbons (Fsp3) is 0.278. The minimum absolute atomic E-state index is 0.207. The summed E-state index contributed by atoms with van der Waals surface area (Å²) in [6, 6.07) is 16.8. The van der Waals surface area contributed by atoms with Gasteiger partial charge in [0.25, 0.3) is 0 Å². The van der Waals surface area contributed by atoms with Crippen molar-refractivity contribution in [3.05, 3.63) is 60.3 Å². The Morgan fingerprint density at radius 3 is 2.68 bits per heavy atom. The van der Waals surface area contributed by atoms with E-state index in [4.69, 9.17) is 4.74 Å². The Bertz CT molecular complexity index is 736. The van der Waals surface area contributed by atoms with Gasteiger partial charge >= 0.3 is 0 Å². The number of hydrogen-bond donors (Lipinski definition) is 1. The van der Waals surface area contributed by atoms with Crippen molar-refractivity contribution in [1.82, 2.24) is 15.1 Å². The molecule has 0 aliphatic rings. The molecule has 0 aliphatic heterocycles.